The van der Waals surface area contributed by atoms with Crippen molar-refractivity contribution in [2.45, 2.75) is 19.8 Å². The van der Waals surface area contributed by atoms with Crippen LogP contribution in [0.1, 0.15) is 29.3 Å². The van der Waals surface area contributed by atoms with Crippen LogP contribution in [0.4, 0.5) is 5.69 Å². The average Bonchev–Trinajstić information content (AvgIpc) is 2.81. The Kier molecular flexibility index (Phi) is 7.39. The van der Waals surface area contributed by atoms with Gasteiger partial charge in [-0.2, -0.15) is 0 Å². The molecule has 1 saturated heterocycles. The van der Waals surface area contributed by atoms with E-state index in [1.165, 1.54) is 0 Å². The second-order valence-electron chi connectivity index (χ2n) is 7.46. The molecule has 0 atom stereocenters. The van der Waals surface area contributed by atoms with E-state index in [1.807, 2.05) is 41.3 Å². The van der Waals surface area contributed by atoms with Gasteiger partial charge in [-0.1, -0.05) is 6.07 Å². The fourth-order valence-corrected chi connectivity index (χ4v) is 3.88. The van der Waals surface area contributed by atoms with Gasteiger partial charge >= 0.3 is 0 Å². The molecule has 0 N–H and O–H groups in total. The van der Waals surface area contributed by atoms with Gasteiger partial charge in [-0.3, -0.25) is 9.59 Å². The van der Waals surface area contributed by atoms with E-state index in [9.17, 15) is 9.59 Å². The van der Waals surface area contributed by atoms with Crippen LogP contribution < -0.4 is 19.1 Å². The summed E-state index contributed by atoms with van der Waals surface area (Å²) in [6, 6.07) is 11.4. The van der Waals surface area contributed by atoms with Crippen molar-refractivity contribution in [1.82, 2.24) is 4.90 Å². The maximum Gasteiger partial charge on any atom is 0.223 e. The number of methoxy groups -OCH3 is 3. The third-order valence-corrected chi connectivity index (χ3v) is 5.67. The normalized spacial score (nSPS) is 13.7. The molecule has 1 aliphatic heterocycles. The highest BCUT2D eigenvalue weighted by atomic mass is 16.5. The van der Waals surface area contributed by atoms with Crippen LogP contribution in [0.3, 0.4) is 0 Å². The van der Waals surface area contributed by atoms with E-state index in [0.29, 0.717) is 48.7 Å². The molecule has 2 aromatic rings. The van der Waals surface area contributed by atoms with Crippen molar-refractivity contribution in [3.63, 3.8) is 0 Å². The summed E-state index contributed by atoms with van der Waals surface area (Å²) in [5.41, 5.74) is 2.70. The first-order valence-electron chi connectivity index (χ1n) is 10.4. The summed E-state index contributed by atoms with van der Waals surface area (Å²) in [6.45, 7) is 4.46. The van der Waals surface area contributed by atoms with Gasteiger partial charge in [-0.15, -0.1) is 0 Å². The number of nitrogens with zero attached hydrogens (tertiary/aromatic N) is 2. The predicted octanol–water partition coefficient (Wildman–Crippen LogP) is 3.20. The van der Waals surface area contributed by atoms with Crippen LogP contribution in [-0.2, 0) is 11.2 Å². The fraction of sp³-hybridized carbons (Fsp3) is 0.417. The summed E-state index contributed by atoms with van der Waals surface area (Å²) in [5.74, 6) is 1.94. The van der Waals surface area contributed by atoms with Gasteiger partial charge < -0.3 is 24.0 Å². The Balaban J connectivity index is 1.56. The zero-order valence-electron chi connectivity index (χ0n) is 18.6. The number of Topliss-reactive ketones (excluding diaryl/α,β-unsaturated/α-hetero) is 1. The Bertz CT molecular complexity index is 918. The monoisotopic (exact) mass is 426 g/mol. The molecule has 1 amide bonds. The van der Waals surface area contributed by atoms with Crippen molar-refractivity contribution >= 4 is 17.4 Å². The molecule has 3 rings (SSSR count). The third kappa shape index (κ3) is 5.10. The number of anilines is 1. The predicted molar refractivity (Wildman–Crippen MR) is 120 cm³/mol. The number of rotatable bonds is 8. The maximum absolute atomic E-state index is 12.8. The lowest BCUT2D eigenvalue weighted by Gasteiger charge is -2.36. The number of carbonyl (C=O) groups is 2. The van der Waals surface area contributed by atoms with Gasteiger partial charge in [-0.25, -0.2) is 0 Å². The van der Waals surface area contributed by atoms with Crippen LogP contribution in [0.15, 0.2) is 36.4 Å². The summed E-state index contributed by atoms with van der Waals surface area (Å²) in [5, 5.41) is 0. The minimum Gasteiger partial charge on any atom is -0.493 e. The van der Waals surface area contributed by atoms with Crippen LogP contribution in [0.2, 0.25) is 0 Å². The molecular formula is C24H30N2O5. The zero-order chi connectivity index (χ0) is 22.4. The molecule has 0 spiro atoms. The Morgan fingerprint density at radius 3 is 2.03 bits per heavy atom. The average molecular weight is 427 g/mol. The Morgan fingerprint density at radius 2 is 1.48 bits per heavy atom. The van der Waals surface area contributed by atoms with E-state index < -0.39 is 0 Å². The highest BCUT2D eigenvalue weighted by Gasteiger charge is 2.22. The molecule has 0 radical (unpaired) electrons. The highest BCUT2D eigenvalue weighted by molar-refractivity contribution is 5.94. The summed E-state index contributed by atoms with van der Waals surface area (Å²) in [4.78, 5) is 28.4. The van der Waals surface area contributed by atoms with Gasteiger partial charge in [0.25, 0.3) is 0 Å². The summed E-state index contributed by atoms with van der Waals surface area (Å²) in [6.07, 6.45) is 0.967. The topological polar surface area (TPSA) is 68.3 Å². The van der Waals surface area contributed by atoms with Crippen molar-refractivity contribution in [2.24, 2.45) is 0 Å². The highest BCUT2D eigenvalue weighted by Crippen LogP contribution is 2.40. The molecule has 0 bridgehead atoms. The van der Waals surface area contributed by atoms with E-state index in [4.69, 9.17) is 14.2 Å². The Hall–Kier alpha value is -3.22. The molecule has 1 aliphatic rings. The first-order valence-corrected chi connectivity index (χ1v) is 10.4. The molecule has 0 aliphatic carbocycles. The molecule has 0 aromatic heterocycles. The minimum absolute atomic E-state index is 0.0630. The number of ether oxygens (including phenoxy) is 3. The Labute approximate surface area is 183 Å². The summed E-state index contributed by atoms with van der Waals surface area (Å²) < 4.78 is 16.3. The van der Waals surface area contributed by atoms with Crippen molar-refractivity contribution in [1.29, 1.82) is 0 Å². The summed E-state index contributed by atoms with van der Waals surface area (Å²) in [7, 11) is 4.74. The molecule has 2 aromatic carbocycles. The smallest absolute Gasteiger partial charge is 0.223 e. The van der Waals surface area contributed by atoms with Crippen LogP contribution >= 0.6 is 0 Å². The number of hydrogen-bond donors (Lipinski definition) is 0. The van der Waals surface area contributed by atoms with Gasteiger partial charge in [0.1, 0.15) is 0 Å². The lowest BCUT2D eigenvalue weighted by atomic mass is 10.1. The lowest BCUT2D eigenvalue weighted by Crippen LogP contribution is -2.48. The van der Waals surface area contributed by atoms with E-state index in [0.717, 1.165) is 24.3 Å². The van der Waals surface area contributed by atoms with E-state index in [1.54, 1.807) is 28.3 Å². The SMILES string of the molecule is COc1ccc(CCC(=O)N2CCN(c3ccc(C(C)=O)cc3)CC2)c(OC)c1OC. The number of ketones is 1. The van der Waals surface area contributed by atoms with Crippen molar-refractivity contribution < 1.29 is 23.8 Å². The fourth-order valence-electron chi connectivity index (χ4n) is 3.88. The van der Waals surface area contributed by atoms with E-state index in [-0.39, 0.29) is 11.7 Å². The molecule has 0 saturated carbocycles. The first kappa shape index (κ1) is 22.5. The molecule has 166 valence electrons. The summed E-state index contributed by atoms with van der Waals surface area (Å²) >= 11 is 0. The van der Waals surface area contributed by atoms with Gasteiger partial charge in [0, 0.05) is 43.9 Å². The molecule has 7 nitrogen and oxygen atoms in total. The molecule has 0 unspecified atom stereocenters. The van der Waals surface area contributed by atoms with Gasteiger partial charge in [0.05, 0.1) is 21.3 Å². The minimum atomic E-state index is 0.0630. The van der Waals surface area contributed by atoms with Gasteiger partial charge in [0.15, 0.2) is 17.3 Å². The molecule has 1 heterocycles. The zero-order valence-corrected chi connectivity index (χ0v) is 18.6. The molecular weight excluding hydrogens is 396 g/mol. The standard InChI is InChI=1S/C24H30N2O5/c1-17(27)18-5-9-20(10-6-18)25-13-15-26(16-14-25)22(28)12-8-19-7-11-21(29-2)24(31-4)23(19)30-3/h5-7,9-11H,8,12-16H2,1-4H3. The van der Waals surface area contributed by atoms with Crippen molar-refractivity contribution in [3.8, 4) is 17.2 Å². The third-order valence-electron chi connectivity index (χ3n) is 5.67. The van der Waals surface area contributed by atoms with Crippen LogP contribution in [0.25, 0.3) is 0 Å². The first-order chi connectivity index (χ1) is 15.0. The second kappa shape index (κ2) is 10.2. The number of amides is 1. The van der Waals surface area contributed by atoms with E-state index >= 15 is 0 Å². The van der Waals surface area contributed by atoms with Crippen molar-refractivity contribution in [2.75, 3.05) is 52.4 Å². The number of aryl methyl sites for hydroxylation is 1. The van der Waals surface area contributed by atoms with Crippen LogP contribution in [-0.4, -0.2) is 64.1 Å². The number of hydrogen-bond acceptors (Lipinski definition) is 6. The number of benzene rings is 2. The molecule has 7 heteroatoms. The lowest BCUT2D eigenvalue weighted by molar-refractivity contribution is -0.131. The van der Waals surface area contributed by atoms with Crippen LogP contribution in [0.5, 0.6) is 17.2 Å². The molecule has 1 fully saturated rings. The number of piperazine rings is 1. The largest absolute Gasteiger partial charge is 0.493 e. The van der Waals surface area contributed by atoms with E-state index in [2.05, 4.69) is 4.90 Å². The maximum atomic E-state index is 12.8. The number of carbonyl (C=O) groups excluding carboxylic acids is 2. The van der Waals surface area contributed by atoms with Crippen molar-refractivity contribution in [3.05, 3.63) is 47.5 Å². The molecule has 31 heavy (non-hydrogen) atoms. The Morgan fingerprint density at radius 1 is 0.839 bits per heavy atom. The quantitative estimate of drug-likeness (QED) is 0.604. The van der Waals surface area contributed by atoms with Gasteiger partial charge in [0.2, 0.25) is 11.7 Å². The van der Waals surface area contributed by atoms with Crippen LogP contribution in [0, 0.1) is 0 Å². The second-order valence-corrected chi connectivity index (χ2v) is 7.46. The van der Waals surface area contributed by atoms with Gasteiger partial charge in [-0.05, 0) is 49.2 Å².